The summed E-state index contributed by atoms with van der Waals surface area (Å²) in [7, 11) is 0. The van der Waals surface area contributed by atoms with Crippen LogP contribution in [-0.2, 0) is 11.2 Å². The van der Waals surface area contributed by atoms with Crippen molar-refractivity contribution in [1.29, 1.82) is 0 Å². The molecule has 1 N–H and O–H groups in total. The molecule has 3 atom stereocenters. The number of benzene rings is 1. The van der Waals surface area contributed by atoms with Gasteiger partial charge in [0, 0.05) is 11.1 Å². The summed E-state index contributed by atoms with van der Waals surface area (Å²) in [5.41, 5.74) is 0.989. The number of rotatable bonds is 3. The van der Waals surface area contributed by atoms with Gasteiger partial charge in [0.05, 0.1) is 6.42 Å². The van der Waals surface area contributed by atoms with Crippen LogP contribution in [0.4, 0.5) is 0 Å². The lowest BCUT2D eigenvalue weighted by molar-refractivity contribution is -0.121. The number of fused-ring (bicyclic) bond motifs is 2. The highest BCUT2D eigenvalue weighted by Crippen LogP contribution is 2.44. The zero-order chi connectivity index (χ0) is 12.5. The Bertz CT molecular complexity index is 460. The second kappa shape index (κ2) is 4.93. The van der Waals surface area contributed by atoms with Crippen LogP contribution in [0.2, 0.25) is 5.02 Å². The minimum atomic E-state index is 0.134. The van der Waals surface area contributed by atoms with E-state index in [1.165, 1.54) is 25.7 Å². The molecular weight excluding hydrogens is 246 g/mol. The second-order valence-electron chi connectivity index (χ2n) is 5.66. The van der Waals surface area contributed by atoms with Crippen molar-refractivity contribution < 1.29 is 4.79 Å². The van der Waals surface area contributed by atoms with Crippen LogP contribution in [-0.4, -0.2) is 11.9 Å². The first-order chi connectivity index (χ1) is 8.70. The zero-order valence-electron chi connectivity index (χ0n) is 10.4. The summed E-state index contributed by atoms with van der Waals surface area (Å²) in [6, 6.07) is 7.96. The minimum Gasteiger partial charge on any atom is -0.353 e. The number of hydrogen-bond donors (Lipinski definition) is 1. The number of halogens is 1. The molecule has 2 aliphatic rings. The topological polar surface area (TPSA) is 29.1 Å². The average Bonchev–Trinajstić information content (AvgIpc) is 2.90. The molecular formula is C15H18ClNO. The first-order valence-corrected chi connectivity index (χ1v) is 7.12. The lowest BCUT2D eigenvalue weighted by Crippen LogP contribution is -2.39. The van der Waals surface area contributed by atoms with Gasteiger partial charge >= 0.3 is 0 Å². The number of hydrogen-bond acceptors (Lipinski definition) is 1. The van der Waals surface area contributed by atoms with Crippen LogP contribution in [0.3, 0.4) is 0 Å². The maximum absolute atomic E-state index is 12.0. The van der Waals surface area contributed by atoms with Crippen molar-refractivity contribution in [3.63, 3.8) is 0 Å². The minimum absolute atomic E-state index is 0.134. The Labute approximate surface area is 113 Å². The van der Waals surface area contributed by atoms with E-state index in [1.807, 2.05) is 24.3 Å². The average molecular weight is 264 g/mol. The van der Waals surface area contributed by atoms with Crippen molar-refractivity contribution in [3.05, 3.63) is 34.9 Å². The third-order valence-corrected chi connectivity index (χ3v) is 4.57. The molecule has 1 aromatic carbocycles. The Kier molecular flexibility index (Phi) is 3.29. The maximum atomic E-state index is 12.0. The zero-order valence-corrected chi connectivity index (χ0v) is 11.1. The summed E-state index contributed by atoms with van der Waals surface area (Å²) >= 11 is 5.92. The van der Waals surface area contributed by atoms with E-state index in [9.17, 15) is 4.79 Å². The van der Waals surface area contributed by atoms with Gasteiger partial charge in [0.25, 0.3) is 0 Å². The van der Waals surface area contributed by atoms with E-state index in [4.69, 9.17) is 11.6 Å². The molecule has 2 nitrogen and oxygen atoms in total. The van der Waals surface area contributed by atoms with E-state index in [0.717, 1.165) is 17.4 Å². The van der Waals surface area contributed by atoms with Gasteiger partial charge in [0.1, 0.15) is 0 Å². The summed E-state index contributed by atoms with van der Waals surface area (Å²) in [5, 5.41) is 3.89. The Morgan fingerprint density at radius 1 is 1.33 bits per heavy atom. The molecule has 96 valence electrons. The Morgan fingerprint density at radius 2 is 2.22 bits per heavy atom. The summed E-state index contributed by atoms with van der Waals surface area (Å²) in [5.74, 6) is 1.74. The number of nitrogens with one attached hydrogen (secondary N) is 1. The largest absolute Gasteiger partial charge is 0.353 e. The predicted octanol–water partition coefficient (Wildman–Crippen LogP) is 3.19. The van der Waals surface area contributed by atoms with Gasteiger partial charge in [-0.25, -0.2) is 0 Å². The fraction of sp³-hybridized carbons (Fsp3) is 0.533. The van der Waals surface area contributed by atoms with Crippen LogP contribution in [0.1, 0.15) is 31.2 Å². The first-order valence-electron chi connectivity index (χ1n) is 6.74. The van der Waals surface area contributed by atoms with Crippen LogP contribution < -0.4 is 5.32 Å². The van der Waals surface area contributed by atoms with E-state index in [-0.39, 0.29) is 5.91 Å². The molecule has 18 heavy (non-hydrogen) atoms. The molecule has 0 radical (unpaired) electrons. The third-order valence-electron chi connectivity index (χ3n) is 4.34. The van der Waals surface area contributed by atoms with E-state index >= 15 is 0 Å². The van der Waals surface area contributed by atoms with Crippen molar-refractivity contribution in [3.8, 4) is 0 Å². The first kappa shape index (κ1) is 12.0. The maximum Gasteiger partial charge on any atom is 0.224 e. The van der Waals surface area contributed by atoms with Gasteiger partial charge < -0.3 is 5.32 Å². The second-order valence-corrected chi connectivity index (χ2v) is 6.09. The molecule has 0 aliphatic heterocycles. The van der Waals surface area contributed by atoms with Gasteiger partial charge in [-0.1, -0.05) is 30.2 Å². The van der Waals surface area contributed by atoms with E-state index in [2.05, 4.69) is 5.32 Å². The van der Waals surface area contributed by atoms with Gasteiger partial charge in [-0.05, 0) is 48.8 Å². The molecule has 2 saturated carbocycles. The van der Waals surface area contributed by atoms with Crippen molar-refractivity contribution in [2.45, 2.75) is 38.1 Å². The SMILES string of the molecule is O=C(Cc1cccc(Cl)c1)N[C@H]1C[C@H]2CC[C@H]1C2. The number of carbonyl (C=O) groups excluding carboxylic acids is 1. The van der Waals surface area contributed by atoms with E-state index in [1.54, 1.807) is 0 Å². The van der Waals surface area contributed by atoms with Gasteiger partial charge in [-0.3, -0.25) is 4.79 Å². The summed E-state index contributed by atoms with van der Waals surface area (Å²) in [6.45, 7) is 0. The molecule has 3 rings (SSSR count). The number of amides is 1. The highest BCUT2D eigenvalue weighted by molar-refractivity contribution is 6.30. The lowest BCUT2D eigenvalue weighted by Gasteiger charge is -2.22. The standard InChI is InChI=1S/C15H18ClNO/c16-13-3-1-2-10(7-13)9-15(18)17-14-8-11-4-5-12(14)6-11/h1-3,7,11-12,14H,4-6,8-9H2,(H,17,18)/t11-,12-,14-/m0/s1. The molecule has 2 bridgehead atoms. The van der Waals surface area contributed by atoms with Crippen molar-refractivity contribution in [1.82, 2.24) is 5.32 Å². The summed E-state index contributed by atoms with van der Waals surface area (Å²) in [4.78, 5) is 12.0. The molecule has 0 unspecified atom stereocenters. The van der Waals surface area contributed by atoms with Gasteiger partial charge in [0.2, 0.25) is 5.91 Å². The van der Waals surface area contributed by atoms with Gasteiger partial charge in [0.15, 0.2) is 0 Å². The van der Waals surface area contributed by atoms with Crippen molar-refractivity contribution in [2.75, 3.05) is 0 Å². The molecule has 0 saturated heterocycles. The smallest absolute Gasteiger partial charge is 0.224 e. The van der Waals surface area contributed by atoms with Gasteiger partial charge in [-0.15, -0.1) is 0 Å². The van der Waals surface area contributed by atoms with Crippen LogP contribution >= 0.6 is 11.6 Å². The summed E-state index contributed by atoms with van der Waals surface area (Å²) in [6.07, 6.45) is 5.61. The molecule has 1 amide bonds. The molecule has 2 fully saturated rings. The van der Waals surface area contributed by atoms with E-state index < -0.39 is 0 Å². The quantitative estimate of drug-likeness (QED) is 0.892. The number of carbonyl (C=O) groups is 1. The van der Waals surface area contributed by atoms with Crippen LogP contribution in [0, 0.1) is 11.8 Å². The molecule has 0 aromatic heterocycles. The fourth-order valence-electron chi connectivity index (χ4n) is 3.51. The molecule has 3 heteroatoms. The van der Waals surface area contributed by atoms with E-state index in [0.29, 0.717) is 17.5 Å². The Hall–Kier alpha value is -1.02. The predicted molar refractivity (Wildman–Crippen MR) is 72.5 cm³/mol. The summed E-state index contributed by atoms with van der Waals surface area (Å²) < 4.78 is 0. The normalized spacial score (nSPS) is 29.5. The van der Waals surface area contributed by atoms with Crippen molar-refractivity contribution in [2.24, 2.45) is 11.8 Å². The van der Waals surface area contributed by atoms with Crippen LogP contribution in [0.5, 0.6) is 0 Å². The van der Waals surface area contributed by atoms with Gasteiger partial charge in [-0.2, -0.15) is 0 Å². The highest BCUT2D eigenvalue weighted by atomic mass is 35.5. The van der Waals surface area contributed by atoms with Crippen LogP contribution in [0.15, 0.2) is 24.3 Å². The van der Waals surface area contributed by atoms with Crippen molar-refractivity contribution >= 4 is 17.5 Å². The Balaban J connectivity index is 1.56. The molecule has 1 aromatic rings. The lowest BCUT2D eigenvalue weighted by atomic mass is 9.95. The molecule has 2 aliphatic carbocycles. The fourth-order valence-corrected chi connectivity index (χ4v) is 3.72. The molecule has 0 spiro atoms. The monoisotopic (exact) mass is 263 g/mol. The third kappa shape index (κ3) is 2.54. The molecule has 0 heterocycles. The highest BCUT2D eigenvalue weighted by Gasteiger charge is 2.39. The van der Waals surface area contributed by atoms with Crippen LogP contribution in [0.25, 0.3) is 0 Å². The Morgan fingerprint density at radius 3 is 2.89 bits per heavy atom.